The van der Waals surface area contributed by atoms with Crippen molar-refractivity contribution < 1.29 is 9.59 Å². The Morgan fingerprint density at radius 3 is 2.13 bits per heavy atom. The van der Waals surface area contributed by atoms with Crippen LogP contribution in [0.4, 0.5) is 16.2 Å². The molecule has 7 heteroatoms. The fourth-order valence-electron chi connectivity index (χ4n) is 1.86. The largest absolute Gasteiger partial charge is 0.334 e. The molecule has 2 aromatic carbocycles. The Labute approximate surface area is 144 Å². The number of nitrogens with one attached hydrogen (secondary N) is 3. The first kappa shape index (κ1) is 17.1. The Balaban J connectivity index is 1.88. The number of anilines is 2. The quantitative estimate of drug-likeness (QED) is 0.769. The molecule has 0 radical (unpaired) electrons. The zero-order valence-electron chi connectivity index (χ0n) is 12.3. The summed E-state index contributed by atoms with van der Waals surface area (Å²) >= 11 is 11.9. The predicted molar refractivity (Wildman–Crippen MR) is 93.1 cm³/mol. The summed E-state index contributed by atoms with van der Waals surface area (Å²) in [5.74, 6) is -0.150. The SMILES string of the molecule is CC(=O)Nc1ccc(NC(=O)NCc2ccc(Cl)cc2Cl)cc1. The summed E-state index contributed by atoms with van der Waals surface area (Å²) in [6, 6.07) is 11.5. The van der Waals surface area contributed by atoms with Crippen LogP contribution in [0.2, 0.25) is 10.0 Å². The zero-order chi connectivity index (χ0) is 16.8. The summed E-state index contributed by atoms with van der Waals surface area (Å²) in [5, 5.41) is 9.09. The molecule has 0 aromatic heterocycles. The molecular formula is C16H15Cl2N3O2. The number of carbonyl (C=O) groups is 2. The van der Waals surface area contributed by atoms with E-state index in [2.05, 4.69) is 16.0 Å². The highest BCUT2D eigenvalue weighted by Gasteiger charge is 2.05. The van der Waals surface area contributed by atoms with E-state index in [0.29, 0.717) is 21.4 Å². The second-order valence-corrected chi connectivity index (χ2v) is 5.65. The average molecular weight is 352 g/mol. The lowest BCUT2D eigenvalue weighted by Crippen LogP contribution is -2.28. The molecule has 0 bridgehead atoms. The van der Waals surface area contributed by atoms with Gasteiger partial charge in [0.25, 0.3) is 0 Å². The minimum Gasteiger partial charge on any atom is -0.334 e. The van der Waals surface area contributed by atoms with Gasteiger partial charge in [-0.15, -0.1) is 0 Å². The number of benzene rings is 2. The van der Waals surface area contributed by atoms with Crippen molar-refractivity contribution in [3.05, 3.63) is 58.1 Å². The molecule has 0 saturated heterocycles. The van der Waals surface area contributed by atoms with Gasteiger partial charge in [-0.3, -0.25) is 4.79 Å². The lowest BCUT2D eigenvalue weighted by molar-refractivity contribution is -0.114. The normalized spacial score (nSPS) is 10.0. The van der Waals surface area contributed by atoms with Crippen LogP contribution in [0.25, 0.3) is 0 Å². The Bertz CT molecular complexity index is 718. The number of amides is 3. The molecule has 0 spiro atoms. The first-order valence-electron chi connectivity index (χ1n) is 6.80. The molecule has 3 amide bonds. The van der Waals surface area contributed by atoms with E-state index in [9.17, 15) is 9.59 Å². The van der Waals surface area contributed by atoms with Gasteiger partial charge in [0.1, 0.15) is 0 Å². The highest BCUT2D eigenvalue weighted by atomic mass is 35.5. The Morgan fingerprint density at radius 2 is 1.57 bits per heavy atom. The van der Waals surface area contributed by atoms with Crippen LogP contribution in [0, 0.1) is 0 Å². The molecule has 0 unspecified atom stereocenters. The smallest absolute Gasteiger partial charge is 0.319 e. The second kappa shape index (κ2) is 7.85. The van der Waals surface area contributed by atoms with Gasteiger partial charge in [-0.1, -0.05) is 29.3 Å². The van der Waals surface area contributed by atoms with E-state index in [4.69, 9.17) is 23.2 Å². The minimum absolute atomic E-state index is 0.150. The lowest BCUT2D eigenvalue weighted by atomic mass is 10.2. The third-order valence-corrected chi connectivity index (χ3v) is 3.50. The van der Waals surface area contributed by atoms with E-state index in [-0.39, 0.29) is 18.5 Å². The third kappa shape index (κ3) is 5.47. The third-order valence-electron chi connectivity index (χ3n) is 2.92. The lowest BCUT2D eigenvalue weighted by Gasteiger charge is -2.10. The maximum absolute atomic E-state index is 11.9. The van der Waals surface area contributed by atoms with Gasteiger partial charge in [0.05, 0.1) is 0 Å². The van der Waals surface area contributed by atoms with E-state index >= 15 is 0 Å². The Morgan fingerprint density at radius 1 is 0.957 bits per heavy atom. The van der Waals surface area contributed by atoms with Crippen LogP contribution < -0.4 is 16.0 Å². The van der Waals surface area contributed by atoms with Crippen molar-refractivity contribution in [2.45, 2.75) is 13.5 Å². The Kier molecular flexibility index (Phi) is 5.84. The molecule has 3 N–H and O–H groups in total. The molecule has 2 rings (SSSR count). The fourth-order valence-corrected chi connectivity index (χ4v) is 2.33. The molecule has 23 heavy (non-hydrogen) atoms. The van der Waals surface area contributed by atoms with E-state index in [1.807, 2.05) is 0 Å². The van der Waals surface area contributed by atoms with E-state index < -0.39 is 0 Å². The van der Waals surface area contributed by atoms with Crippen LogP contribution in [0.5, 0.6) is 0 Å². The number of urea groups is 1. The molecule has 0 aliphatic carbocycles. The van der Waals surface area contributed by atoms with E-state index in [1.54, 1.807) is 42.5 Å². The molecule has 5 nitrogen and oxygen atoms in total. The van der Waals surface area contributed by atoms with Gasteiger partial charge in [-0.05, 0) is 42.0 Å². The number of hydrogen-bond acceptors (Lipinski definition) is 2. The summed E-state index contributed by atoms with van der Waals surface area (Å²) in [6.07, 6.45) is 0. The summed E-state index contributed by atoms with van der Waals surface area (Å²) in [7, 11) is 0. The molecule has 0 aliphatic rings. The standard InChI is InChI=1S/C16H15Cl2N3O2/c1-10(22)20-13-4-6-14(7-5-13)21-16(23)19-9-11-2-3-12(17)8-15(11)18/h2-8H,9H2,1H3,(H,20,22)(H2,19,21,23). The van der Waals surface area contributed by atoms with Gasteiger partial charge in [0, 0.05) is 34.9 Å². The fraction of sp³-hybridized carbons (Fsp3) is 0.125. The number of carbonyl (C=O) groups excluding carboxylic acids is 2. The van der Waals surface area contributed by atoms with Crippen molar-refractivity contribution in [1.82, 2.24) is 5.32 Å². The van der Waals surface area contributed by atoms with Crippen molar-refractivity contribution in [3.8, 4) is 0 Å². The van der Waals surface area contributed by atoms with Crippen LogP contribution >= 0.6 is 23.2 Å². The van der Waals surface area contributed by atoms with Crippen molar-refractivity contribution >= 4 is 46.5 Å². The first-order valence-corrected chi connectivity index (χ1v) is 7.56. The van der Waals surface area contributed by atoms with Crippen LogP contribution in [0.1, 0.15) is 12.5 Å². The van der Waals surface area contributed by atoms with Crippen LogP contribution in [0.15, 0.2) is 42.5 Å². The van der Waals surface area contributed by atoms with Crippen molar-refractivity contribution in [1.29, 1.82) is 0 Å². The van der Waals surface area contributed by atoms with Crippen molar-refractivity contribution in [3.63, 3.8) is 0 Å². The van der Waals surface area contributed by atoms with Crippen LogP contribution in [-0.4, -0.2) is 11.9 Å². The van der Waals surface area contributed by atoms with Crippen LogP contribution in [0.3, 0.4) is 0 Å². The number of halogens is 2. The zero-order valence-corrected chi connectivity index (χ0v) is 13.8. The number of hydrogen-bond donors (Lipinski definition) is 3. The van der Waals surface area contributed by atoms with Crippen molar-refractivity contribution in [2.24, 2.45) is 0 Å². The summed E-state index contributed by atoms with van der Waals surface area (Å²) in [4.78, 5) is 22.8. The second-order valence-electron chi connectivity index (χ2n) is 4.80. The molecule has 0 heterocycles. The monoisotopic (exact) mass is 351 g/mol. The molecule has 0 aliphatic heterocycles. The summed E-state index contributed by atoms with van der Waals surface area (Å²) < 4.78 is 0. The summed E-state index contributed by atoms with van der Waals surface area (Å²) in [5.41, 5.74) is 2.04. The molecular weight excluding hydrogens is 337 g/mol. The van der Waals surface area contributed by atoms with E-state index in [1.165, 1.54) is 6.92 Å². The first-order chi connectivity index (χ1) is 10.9. The van der Waals surface area contributed by atoms with Gasteiger partial charge in [-0.25, -0.2) is 4.79 Å². The molecule has 0 atom stereocenters. The Hall–Kier alpha value is -2.24. The van der Waals surface area contributed by atoms with Gasteiger partial charge in [-0.2, -0.15) is 0 Å². The van der Waals surface area contributed by atoms with Gasteiger partial charge >= 0.3 is 6.03 Å². The average Bonchev–Trinajstić information content (AvgIpc) is 2.48. The maximum Gasteiger partial charge on any atom is 0.319 e. The summed E-state index contributed by atoms with van der Waals surface area (Å²) in [6.45, 7) is 1.72. The van der Waals surface area contributed by atoms with E-state index in [0.717, 1.165) is 5.56 Å². The molecule has 0 saturated carbocycles. The minimum atomic E-state index is -0.358. The maximum atomic E-state index is 11.9. The highest BCUT2D eigenvalue weighted by molar-refractivity contribution is 6.35. The number of rotatable bonds is 4. The topological polar surface area (TPSA) is 70.2 Å². The molecule has 2 aromatic rings. The highest BCUT2D eigenvalue weighted by Crippen LogP contribution is 2.20. The van der Waals surface area contributed by atoms with Gasteiger partial charge < -0.3 is 16.0 Å². The van der Waals surface area contributed by atoms with Crippen molar-refractivity contribution in [2.75, 3.05) is 10.6 Å². The molecule has 120 valence electrons. The van der Waals surface area contributed by atoms with Crippen LogP contribution in [-0.2, 0) is 11.3 Å². The van der Waals surface area contributed by atoms with Gasteiger partial charge in [0.2, 0.25) is 5.91 Å². The predicted octanol–water partition coefficient (Wildman–Crippen LogP) is 4.27. The van der Waals surface area contributed by atoms with Gasteiger partial charge in [0.15, 0.2) is 0 Å². The molecule has 0 fully saturated rings.